The number of fused-ring (bicyclic) bond motifs is 1. The van der Waals surface area contributed by atoms with Gasteiger partial charge in [0.05, 0.1) is 6.10 Å². The molecule has 1 aliphatic heterocycles. The summed E-state index contributed by atoms with van der Waals surface area (Å²) in [5.41, 5.74) is 2.42. The Morgan fingerprint density at radius 2 is 2.00 bits per heavy atom. The van der Waals surface area contributed by atoms with E-state index in [2.05, 4.69) is 38.1 Å². The molecule has 0 saturated heterocycles. The van der Waals surface area contributed by atoms with Crippen molar-refractivity contribution >= 4 is 23.2 Å². The van der Waals surface area contributed by atoms with E-state index in [0.717, 1.165) is 25.1 Å². The zero-order valence-electron chi connectivity index (χ0n) is 12.1. The molecule has 21 heavy (non-hydrogen) atoms. The van der Waals surface area contributed by atoms with Crippen LogP contribution in [-0.2, 0) is 6.42 Å². The highest BCUT2D eigenvalue weighted by Crippen LogP contribution is 2.32. The molecule has 1 aromatic heterocycles. The second-order valence-electron chi connectivity index (χ2n) is 5.24. The van der Waals surface area contributed by atoms with Crippen molar-refractivity contribution in [1.82, 2.24) is 15.0 Å². The molecule has 0 fully saturated rings. The summed E-state index contributed by atoms with van der Waals surface area (Å²) in [5, 5.41) is 0.152. The lowest BCUT2D eigenvalue weighted by molar-refractivity contribution is 0.221. The summed E-state index contributed by atoms with van der Waals surface area (Å²) in [5.74, 6) is 0.540. The van der Waals surface area contributed by atoms with Gasteiger partial charge in [0.2, 0.25) is 11.2 Å². The van der Waals surface area contributed by atoms with Crippen molar-refractivity contribution in [3.8, 4) is 6.01 Å². The van der Waals surface area contributed by atoms with Crippen LogP contribution >= 0.6 is 11.6 Å². The van der Waals surface area contributed by atoms with Crippen LogP contribution in [0.5, 0.6) is 6.01 Å². The average Bonchev–Trinajstić information content (AvgIpc) is 2.45. The summed E-state index contributed by atoms with van der Waals surface area (Å²) >= 11 is 6.01. The molecule has 0 atom stereocenters. The fraction of sp³-hybridized carbons (Fsp3) is 0.400. The molecule has 0 bridgehead atoms. The summed E-state index contributed by atoms with van der Waals surface area (Å²) in [7, 11) is 0. The van der Waals surface area contributed by atoms with Crippen LogP contribution in [-0.4, -0.2) is 27.6 Å². The molecular weight excluding hydrogens is 288 g/mol. The summed E-state index contributed by atoms with van der Waals surface area (Å²) in [6, 6.07) is 8.55. The maximum absolute atomic E-state index is 6.01. The van der Waals surface area contributed by atoms with Crippen LogP contribution in [0, 0.1) is 0 Å². The smallest absolute Gasteiger partial charge is 0.322 e. The van der Waals surface area contributed by atoms with Gasteiger partial charge in [-0.25, -0.2) is 0 Å². The van der Waals surface area contributed by atoms with Crippen LogP contribution in [0.2, 0.25) is 5.28 Å². The van der Waals surface area contributed by atoms with Crippen LogP contribution in [0.1, 0.15) is 25.8 Å². The Balaban J connectivity index is 1.99. The molecule has 1 aliphatic rings. The number of benzene rings is 1. The van der Waals surface area contributed by atoms with E-state index in [1.807, 2.05) is 19.9 Å². The van der Waals surface area contributed by atoms with E-state index in [1.165, 1.54) is 5.56 Å². The zero-order chi connectivity index (χ0) is 14.8. The van der Waals surface area contributed by atoms with Crippen LogP contribution < -0.4 is 9.64 Å². The SMILES string of the molecule is CC(C)Oc1nc(Cl)nc(N2CCCc3ccccc32)n1. The molecule has 0 N–H and O–H groups in total. The van der Waals surface area contributed by atoms with Gasteiger partial charge in [-0.15, -0.1) is 0 Å². The van der Waals surface area contributed by atoms with E-state index in [0.29, 0.717) is 5.95 Å². The highest BCUT2D eigenvalue weighted by atomic mass is 35.5. The van der Waals surface area contributed by atoms with Crippen molar-refractivity contribution in [2.75, 3.05) is 11.4 Å². The van der Waals surface area contributed by atoms with Crippen molar-refractivity contribution in [3.05, 3.63) is 35.1 Å². The minimum absolute atomic E-state index is 0.00930. The van der Waals surface area contributed by atoms with E-state index in [9.17, 15) is 0 Å². The number of rotatable bonds is 3. The van der Waals surface area contributed by atoms with Gasteiger partial charge in [0.1, 0.15) is 0 Å². The van der Waals surface area contributed by atoms with Gasteiger partial charge in [-0.05, 0) is 49.9 Å². The second-order valence-corrected chi connectivity index (χ2v) is 5.58. The number of hydrogen-bond acceptors (Lipinski definition) is 5. The second kappa shape index (κ2) is 5.85. The zero-order valence-corrected chi connectivity index (χ0v) is 12.8. The first-order valence-corrected chi connectivity index (χ1v) is 7.45. The Morgan fingerprint density at radius 1 is 1.19 bits per heavy atom. The van der Waals surface area contributed by atoms with Crippen molar-refractivity contribution in [3.63, 3.8) is 0 Å². The quantitative estimate of drug-likeness (QED) is 0.870. The number of halogens is 1. The molecular formula is C15H17ClN4O. The molecule has 5 nitrogen and oxygen atoms in total. The standard InChI is InChI=1S/C15H17ClN4O/c1-10(2)21-15-18-13(16)17-14(19-15)20-9-5-7-11-6-3-4-8-12(11)20/h3-4,6,8,10H,5,7,9H2,1-2H3. The molecule has 6 heteroatoms. The third-order valence-corrected chi connectivity index (χ3v) is 3.44. The third kappa shape index (κ3) is 3.08. The highest BCUT2D eigenvalue weighted by molar-refractivity contribution is 6.28. The van der Waals surface area contributed by atoms with Crippen LogP contribution in [0.3, 0.4) is 0 Å². The molecule has 1 aromatic carbocycles. The average molecular weight is 305 g/mol. The van der Waals surface area contributed by atoms with E-state index < -0.39 is 0 Å². The summed E-state index contributed by atoms with van der Waals surface area (Å²) in [4.78, 5) is 14.7. The van der Waals surface area contributed by atoms with Gasteiger partial charge < -0.3 is 9.64 Å². The Morgan fingerprint density at radius 3 is 2.81 bits per heavy atom. The van der Waals surface area contributed by atoms with Gasteiger partial charge in [-0.1, -0.05) is 18.2 Å². The molecule has 0 unspecified atom stereocenters. The van der Waals surface area contributed by atoms with Crippen LogP contribution in [0.25, 0.3) is 0 Å². The molecule has 2 aromatic rings. The summed E-state index contributed by atoms with van der Waals surface area (Å²) < 4.78 is 5.54. The monoisotopic (exact) mass is 304 g/mol. The van der Waals surface area contributed by atoms with Crippen molar-refractivity contribution in [2.45, 2.75) is 32.8 Å². The van der Waals surface area contributed by atoms with Gasteiger partial charge in [-0.2, -0.15) is 15.0 Å². The first kappa shape index (κ1) is 14.1. The fourth-order valence-electron chi connectivity index (χ4n) is 2.45. The third-order valence-electron chi connectivity index (χ3n) is 3.27. The maximum atomic E-state index is 6.01. The Kier molecular flexibility index (Phi) is 3.92. The number of aryl methyl sites for hydroxylation is 1. The van der Waals surface area contributed by atoms with E-state index in [1.54, 1.807) is 0 Å². The Hall–Kier alpha value is -1.88. The minimum atomic E-state index is -0.00930. The highest BCUT2D eigenvalue weighted by Gasteiger charge is 2.21. The van der Waals surface area contributed by atoms with Crippen molar-refractivity contribution < 1.29 is 4.74 Å². The predicted molar refractivity (Wildman–Crippen MR) is 82.4 cm³/mol. The van der Waals surface area contributed by atoms with E-state index >= 15 is 0 Å². The minimum Gasteiger partial charge on any atom is -0.461 e. The van der Waals surface area contributed by atoms with Gasteiger partial charge in [0, 0.05) is 12.2 Å². The van der Waals surface area contributed by atoms with Crippen molar-refractivity contribution in [2.24, 2.45) is 0 Å². The van der Waals surface area contributed by atoms with Gasteiger partial charge in [0.25, 0.3) is 0 Å². The number of aromatic nitrogens is 3. The molecule has 110 valence electrons. The van der Waals surface area contributed by atoms with Gasteiger partial charge in [0.15, 0.2) is 0 Å². The number of hydrogen-bond donors (Lipinski definition) is 0. The summed E-state index contributed by atoms with van der Waals surface area (Å²) in [6.07, 6.45) is 2.12. The lowest BCUT2D eigenvalue weighted by atomic mass is 10.0. The molecule has 0 saturated carbocycles. The molecule has 0 aliphatic carbocycles. The van der Waals surface area contributed by atoms with Gasteiger partial charge >= 0.3 is 6.01 Å². The first-order valence-electron chi connectivity index (χ1n) is 7.07. The lowest BCUT2D eigenvalue weighted by Gasteiger charge is -2.29. The Labute approximate surface area is 129 Å². The predicted octanol–water partition coefficient (Wildman–Crippen LogP) is 3.40. The van der Waals surface area contributed by atoms with Crippen molar-refractivity contribution in [1.29, 1.82) is 0 Å². The number of ether oxygens (including phenoxy) is 1. The summed E-state index contributed by atoms with van der Waals surface area (Å²) in [6.45, 7) is 4.71. The normalized spacial score (nSPS) is 14.2. The maximum Gasteiger partial charge on any atom is 0.322 e. The number of nitrogens with zero attached hydrogens (tertiary/aromatic N) is 4. The molecule has 3 rings (SSSR count). The fourth-order valence-corrected chi connectivity index (χ4v) is 2.60. The largest absolute Gasteiger partial charge is 0.461 e. The topological polar surface area (TPSA) is 51.1 Å². The molecule has 0 radical (unpaired) electrons. The van der Waals surface area contributed by atoms with E-state index in [4.69, 9.17) is 16.3 Å². The lowest BCUT2D eigenvalue weighted by Crippen LogP contribution is -2.26. The van der Waals surface area contributed by atoms with Gasteiger partial charge in [-0.3, -0.25) is 0 Å². The molecule has 0 amide bonds. The Bertz CT molecular complexity index is 647. The van der Waals surface area contributed by atoms with E-state index in [-0.39, 0.29) is 17.4 Å². The molecule has 0 spiro atoms. The van der Waals surface area contributed by atoms with Crippen LogP contribution in [0.15, 0.2) is 24.3 Å². The van der Waals surface area contributed by atoms with Crippen LogP contribution in [0.4, 0.5) is 11.6 Å². The first-order chi connectivity index (χ1) is 10.1. The number of para-hydroxylation sites is 1. The molecule has 2 heterocycles. The number of anilines is 2.